The van der Waals surface area contributed by atoms with Gasteiger partial charge >= 0.3 is 24.3 Å². The quantitative estimate of drug-likeness (QED) is 0.185. The Morgan fingerprint density at radius 3 is 0.710 bits per heavy atom. The predicted octanol–water partition coefficient (Wildman–Crippen LogP) is 7.15. The smallest absolute Gasteiger partial charge is 0.0199 e. The Hall–Kier alpha value is -1.49. The molecule has 0 heterocycles. The molecule has 4 rings (SSSR count). The van der Waals surface area contributed by atoms with Gasteiger partial charge in [-0.3, -0.25) is 0 Å². The molecular formula is C26H25Cl3GeSi. The molecule has 0 nitrogen and oxygen atoms in total. The summed E-state index contributed by atoms with van der Waals surface area (Å²) >= 11 is 14.7. The molecule has 2 radical (unpaired) electrons. The Morgan fingerprint density at radius 1 is 0.387 bits per heavy atom. The van der Waals surface area contributed by atoms with Gasteiger partial charge in [0, 0.05) is 11.8 Å². The number of hydrogen-bond donors (Lipinski definition) is 0. The van der Waals surface area contributed by atoms with Crippen LogP contribution in [0.15, 0.2) is 121 Å². The van der Waals surface area contributed by atoms with Crippen molar-refractivity contribution in [1.82, 2.24) is 0 Å². The van der Waals surface area contributed by atoms with Crippen LogP contribution >= 0.6 is 33.2 Å². The fourth-order valence-electron chi connectivity index (χ4n) is 3.80. The van der Waals surface area contributed by atoms with Crippen molar-refractivity contribution in [3.05, 3.63) is 144 Å². The van der Waals surface area contributed by atoms with Gasteiger partial charge < -0.3 is 0 Å². The van der Waals surface area contributed by atoms with Crippen molar-refractivity contribution in [2.24, 2.45) is 0 Å². The average molecular weight is 545 g/mol. The predicted molar refractivity (Wildman–Crippen MR) is 143 cm³/mol. The van der Waals surface area contributed by atoms with E-state index in [2.05, 4.69) is 121 Å². The second-order valence-corrected chi connectivity index (χ2v) is 12.4. The van der Waals surface area contributed by atoms with E-state index in [1.807, 2.05) is 0 Å². The Labute approximate surface area is 211 Å². The summed E-state index contributed by atoms with van der Waals surface area (Å²) in [6.07, 6.45) is 0. The van der Waals surface area contributed by atoms with Crippen molar-refractivity contribution < 1.29 is 0 Å². The molecule has 5 heteroatoms. The molecule has 0 fully saturated rings. The molecule has 0 aliphatic carbocycles. The number of halogens is 3. The maximum absolute atomic E-state index is 4.91. The van der Waals surface area contributed by atoms with Crippen LogP contribution in [0, 0.1) is 0 Å². The van der Waals surface area contributed by atoms with E-state index in [4.69, 9.17) is 33.2 Å². The molecular weight excluding hydrogens is 519 g/mol. The molecule has 0 spiro atoms. The van der Waals surface area contributed by atoms with E-state index in [1.165, 1.54) is 22.3 Å². The summed E-state index contributed by atoms with van der Waals surface area (Å²) in [5.41, 5.74) is 5.38. The zero-order valence-electron chi connectivity index (χ0n) is 17.3. The minimum absolute atomic E-state index is 0. The van der Waals surface area contributed by atoms with Gasteiger partial charge in [-0.1, -0.05) is 121 Å². The minimum atomic E-state index is -1.46. The molecule has 0 N–H and O–H groups in total. The largest absolute Gasteiger partial charge is 0.0622 e. The van der Waals surface area contributed by atoms with Crippen LogP contribution in [0.3, 0.4) is 0 Å². The zero-order valence-corrected chi connectivity index (χ0v) is 24.8. The monoisotopic (exact) mass is 544 g/mol. The molecule has 0 aliphatic rings. The van der Waals surface area contributed by atoms with Crippen molar-refractivity contribution in [3.8, 4) is 0 Å². The first-order valence-electron chi connectivity index (χ1n) is 9.70. The van der Waals surface area contributed by atoms with Gasteiger partial charge in [-0.2, -0.15) is 0 Å². The summed E-state index contributed by atoms with van der Waals surface area (Å²) in [5, 5.41) is 0. The van der Waals surface area contributed by atoms with Gasteiger partial charge in [-0.25, -0.2) is 0 Å². The van der Waals surface area contributed by atoms with Crippen molar-refractivity contribution in [2.45, 2.75) is 11.8 Å². The molecule has 0 saturated heterocycles. The summed E-state index contributed by atoms with van der Waals surface area (Å²) < 4.78 is 0. The molecule has 158 valence electrons. The second kappa shape index (κ2) is 13.8. The molecule has 0 aromatic heterocycles. The summed E-state index contributed by atoms with van der Waals surface area (Å²) in [6, 6.07) is 43.4. The molecule has 0 aliphatic heterocycles. The van der Waals surface area contributed by atoms with Gasteiger partial charge in [0.15, 0.2) is 0 Å². The van der Waals surface area contributed by atoms with Crippen molar-refractivity contribution >= 4 is 57.6 Å². The van der Waals surface area contributed by atoms with E-state index in [1.54, 1.807) is 0 Å². The molecule has 0 unspecified atom stereocenters. The molecule has 0 atom stereocenters. The van der Waals surface area contributed by atoms with Crippen molar-refractivity contribution in [2.75, 3.05) is 0 Å². The first kappa shape index (κ1) is 25.8. The van der Waals surface area contributed by atoms with E-state index in [-0.39, 0.29) is 29.4 Å². The van der Waals surface area contributed by atoms with E-state index in [0.717, 1.165) is 0 Å². The van der Waals surface area contributed by atoms with Crippen LogP contribution in [0.2, 0.25) is 0 Å². The van der Waals surface area contributed by atoms with E-state index in [9.17, 15) is 0 Å². The minimum Gasteiger partial charge on any atom is -0.0622 e. The van der Waals surface area contributed by atoms with Crippen molar-refractivity contribution in [3.63, 3.8) is 0 Å². The Morgan fingerprint density at radius 2 is 0.548 bits per heavy atom. The standard InChI is InChI=1S/C26H22.Cl3Si.GeH3/c1-5-13-21(14-6-1)25(22-15-7-2-8-16-22)26(23-17-9-3-10-18-23)24-19-11-4-12-20-24;1-4(2)3;/h1-20,25-26H;;1H3. The van der Waals surface area contributed by atoms with Crippen LogP contribution in [0.25, 0.3) is 0 Å². The number of benzene rings is 4. The second-order valence-electron chi connectivity index (χ2n) is 6.81. The van der Waals surface area contributed by atoms with E-state index >= 15 is 0 Å². The summed E-state index contributed by atoms with van der Waals surface area (Å²) in [6.45, 7) is -1.46. The number of rotatable bonds is 5. The van der Waals surface area contributed by atoms with Crippen molar-refractivity contribution in [1.29, 1.82) is 0 Å². The van der Waals surface area contributed by atoms with Crippen LogP contribution in [0.5, 0.6) is 0 Å². The normalized spacial score (nSPS) is 10.4. The molecule has 4 aromatic carbocycles. The fraction of sp³-hybridized carbons (Fsp3) is 0.0769. The van der Waals surface area contributed by atoms with Gasteiger partial charge in [0.25, 0.3) is 0 Å². The van der Waals surface area contributed by atoms with E-state index < -0.39 is 6.73 Å². The molecule has 0 bridgehead atoms. The van der Waals surface area contributed by atoms with Crippen LogP contribution in [0.4, 0.5) is 0 Å². The van der Waals surface area contributed by atoms with Gasteiger partial charge in [0.1, 0.15) is 0 Å². The Balaban J connectivity index is 0.000000631. The Kier molecular flexibility index (Phi) is 11.5. The van der Waals surface area contributed by atoms with Crippen LogP contribution in [-0.2, 0) is 0 Å². The average Bonchev–Trinajstić information content (AvgIpc) is 2.79. The zero-order chi connectivity index (χ0) is 21.2. The summed E-state index contributed by atoms with van der Waals surface area (Å²) in [4.78, 5) is 0. The molecule has 31 heavy (non-hydrogen) atoms. The summed E-state index contributed by atoms with van der Waals surface area (Å²) in [5.74, 6) is 0.532. The Bertz CT molecular complexity index is 821. The maximum Gasteiger partial charge on any atom is 0.0199 e. The fourth-order valence-corrected chi connectivity index (χ4v) is 3.80. The van der Waals surface area contributed by atoms with Gasteiger partial charge in [0.05, 0.1) is 0 Å². The molecule has 0 amide bonds. The first-order valence-corrected chi connectivity index (χ1v) is 14.2. The number of hydrogen-bond acceptors (Lipinski definition) is 0. The SMILES string of the molecule is Cl[Si](Cl)Cl.[GeH3].c1ccc(C(c2ccccc2)C(c2ccccc2)c2ccccc2)cc1. The van der Waals surface area contributed by atoms with Crippen LogP contribution in [-0.4, -0.2) is 24.3 Å². The molecule has 4 aromatic rings. The van der Waals surface area contributed by atoms with Crippen LogP contribution < -0.4 is 0 Å². The third-order valence-electron chi connectivity index (χ3n) is 4.97. The van der Waals surface area contributed by atoms with Gasteiger partial charge in [0.2, 0.25) is 0 Å². The van der Waals surface area contributed by atoms with Crippen LogP contribution in [0.1, 0.15) is 34.1 Å². The third-order valence-corrected chi connectivity index (χ3v) is 4.97. The van der Waals surface area contributed by atoms with Gasteiger partial charge in [-0.15, -0.1) is 33.2 Å². The first-order chi connectivity index (χ1) is 14.7. The topological polar surface area (TPSA) is 0 Å². The molecule has 0 saturated carbocycles. The van der Waals surface area contributed by atoms with E-state index in [0.29, 0.717) is 0 Å². The summed E-state index contributed by atoms with van der Waals surface area (Å²) in [7, 11) is 0. The maximum atomic E-state index is 4.91. The third kappa shape index (κ3) is 7.85. The van der Waals surface area contributed by atoms with Gasteiger partial charge in [-0.05, 0) is 22.3 Å².